The highest BCUT2D eigenvalue weighted by Crippen LogP contribution is 2.20. The summed E-state index contributed by atoms with van der Waals surface area (Å²) in [4.78, 5) is 11.8. The van der Waals surface area contributed by atoms with E-state index < -0.39 is 0 Å². The normalized spacial score (nSPS) is 10.8. The Bertz CT molecular complexity index is 644. The number of aromatic nitrogens is 2. The van der Waals surface area contributed by atoms with Crippen molar-refractivity contribution in [1.82, 2.24) is 9.78 Å². The summed E-state index contributed by atoms with van der Waals surface area (Å²) in [5, 5.41) is 6.77. The number of aryl methyl sites for hydroxylation is 2. The lowest BCUT2D eigenvalue weighted by Crippen LogP contribution is -2.08. The predicted molar refractivity (Wildman–Crippen MR) is 78.6 cm³/mol. The van der Waals surface area contributed by atoms with Gasteiger partial charge in [0.05, 0.1) is 7.11 Å². The van der Waals surface area contributed by atoms with Crippen LogP contribution in [0.3, 0.4) is 0 Å². The van der Waals surface area contributed by atoms with E-state index in [-0.39, 0.29) is 5.91 Å². The molecule has 0 aliphatic rings. The van der Waals surface area contributed by atoms with Crippen LogP contribution in [0.1, 0.15) is 11.1 Å². The molecule has 0 aliphatic heterocycles. The Morgan fingerprint density at radius 2 is 2.20 bits per heavy atom. The highest BCUT2D eigenvalue weighted by Gasteiger charge is 2.03. The van der Waals surface area contributed by atoms with E-state index in [1.54, 1.807) is 37.2 Å². The van der Waals surface area contributed by atoms with Gasteiger partial charge in [-0.3, -0.25) is 9.48 Å². The van der Waals surface area contributed by atoms with Crippen molar-refractivity contribution in [3.63, 3.8) is 0 Å². The minimum Gasteiger partial charge on any atom is -0.496 e. The third-order valence-electron chi connectivity index (χ3n) is 2.76. The van der Waals surface area contributed by atoms with E-state index in [2.05, 4.69) is 10.4 Å². The van der Waals surface area contributed by atoms with Gasteiger partial charge in [-0.1, -0.05) is 11.6 Å². The number of nitrogens with zero attached hydrogens (tertiary/aromatic N) is 2. The van der Waals surface area contributed by atoms with Crippen LogP contribution in [0.2, 0.25) is 0 Å². The summed E-state index contributed by atoms with van der Waals surface area (Å²) in [5.41, 5.74) is 1.97. The summed E-state index contributed by atoms with van der Waals surface area (Å²) >= 11 is 0. The van der Waals surface area contributed by atoms with Crippen molar-refractivity contribution in [1.29, 1.82) is 0 Å². The monoisotopic (exact) mass is 271 g/mol. The SMILES string of the molecule is COc1ccc(C)cc1/C=C/C(=O)Nc1ccn(C)n1. The van der Waals surface area contributed by atoms with Gasteiger partial charge in [0.1, 0.15) is 5.75 Å². The van der Waals surface area contributed by atoms with Crippen LogP contribution >= 0.6 is 0 Å². The van der Waals surface area contributed by atoms with E-state index in [9.17, 15) is 4.79 Å². The van der Waals surface area contributed by atoms with Gasteiger partial charge in [0.2, 0.25) is 5.91 Å². The van der Waals surface area contributed by atoms with Crippen molar-refractivity contribution in [2.75, 3.05) is 12.4 Å². The maximum atomic E-state index is 11.8. The van der Waals surface area contributed by atoms with E-state index in [0.717, 1.165) is 16.9 Å². The number of hydrogen-bond acceptors (Lipinski definition) is 3. The number of rotatable bonds is 4. The fraction of sp³-hybridized carbons (Fsp3) is 0.200. The van der Waals surface area contributed by atoms with E-state index >= 15 is 0 Å². The molecule has 0 saturated heterocycles. The first kappa shape index (κ1) is 13.9. The van der Waals surface area contributed by atoms with Crippen molar-refractivity contribution in [3.8, 4) is 5.75 Å². The van der Waals surface area contributed by atoms with E-state index in [4.69, 9.17) is 4.74 Å². The lowest BCUT2D eigenvalue weighted by atomic mass is 10.1. The maximum Gasteiger partial charge on any atom is 0.249 e. The fourth-order valence-electron chi connectivity index (χ4n) is 1.80. The topological polar surface area (TPSA) is 56.1 Å². The van der Waals surface area contributed by atoms with Crippen LogP contribution in [0.15, 0.2) is 36.5 Å². The molecule has 0 spiro atoms. The van der Waals surface area contributed by atoms with Crippen LogP contribution in [0.5, 0.6) is 5.75 Å². The first-order valence-electron chi connectivity index (χ1n) is 6.22. The quantitative estimate of drug-likeness (QED) is 0.869. The zero-order chi connectivity index (χ0) is 14.5. The molecule has 1 amide bonds. The molecule has 5 nitrogen and oxygen atoms in total. The Morgan fingerprint density at radius 3 is 2.85 bits per heavy atom. The molecule has 1 aromatic heterocycles. The van der Waals surface area contributed by atoms with Crippen LogP contribution in [-0.2, 0) is 11.8 Å². The average Bonchev–Trinajstić information content (AvgIpc) is 2.82. The molecule has 0 saturated carbocycles. The number of anilines is 1. The third-order valence-corrected chi connectivity index (χ3v) is 2.76. The molecule has 0 bridgehead atoms. The molecule has 0 fully saturated rings. The summed E-state index contributed by atoms with van der Waals surface area (Å²) in [6, 6.07) is 7.54. The molecule has 0 radical (unpaired) electrons. The van der Waals surface area contributed by atoms with Gasteiger partial charge in [-0.05, 0) is 25.1 Å². The van der Waals surface area contributed by atoms with Gasteiger partial charge in [0, 0.05) is 31.0 Å². The second-order valence-electron chi connectivity index (χ2n) is 4.44. The molecule has 5 heteroatoms. The van der Waals surface area contributed by atoms with Gasteiger partial charge in [-0.15, -0.1) is 0 Å². The summed E-state index contributed by atoms with van der Waals surface area (Å²) in [6.07, 6.45) is 4.96. The summed E-state index contributed by atoms with van der Waals surface area (Å²) < 4.78 is 6.88. The highest BCUT2D eigenvalue weighted by atomic mass is 16.5. The molecular weight excluding hydrogens is 254 g/mol. The molecule has 1 N–H and O–H groups in total. The zero-order valence-electron chi connectivity index (χ0n) is 11.8. The Hall–Kier alpha value is -2.56. The lowest BCUT2D eigenvalue weighted by Gasteiger charge is -2.05. The largest absolute Gasteiger partial charge is 0.496 e. The highest BCUT2D eigenvalue weighted by molar-refractivity contribution is 6.01. The minimum absolute atomic E-state index is 0.229. The van der Waals surface area contributed by atoms with Crippen molar-refractivity contribution >= 4 is 17.8 Å². The number of benzene rings is 1. The first-order valence-corrected chi connectivity index (χ1v) is 6.22. The first-order chi connectivity index (χ1) is 9.58. The smallest absolute Gasteiger partial charge is 0.249 e. The van der Waals surface area contributed by atoms with Gasteiger partial charge >= 0.3 is 0 Å². The number of methoxy groups -OCH3 is 1. The van der Waals surface area contributed by atoms with Gasteiger partial charge in [0.25, 0.3) is 0 Å². The number of ether oxygens (including phenoxy) is 1. The number of carbonyl (C=O) groups is 1. The minimum atomic E-state index is -0.229. The Balaban J connectivity index is 2.09. The van der Waals surface area contributed by atoms with E-state index in [0.29, 0.717) is 5.82 Å². The molecule has 1 aromatic carbocycles. The van der Waals surface area contributed by atoms with Gasteiger partial charge < -0.3 is 10.1 Å². The van der Waals surface area contributed by atoms with Crippen LogP contribution in [0, 0.1) is 6.92 Å². The number of nitrogens with one attached hydrogen (secondary N) is 1. The van der Waals surface area contributed by atoms with Gasteiger partial charge in [-0.25, -0.2) is 0 Å². The van der Waals surface area contributed by atoms with Crippen molar-refractivity contribution in [3.05, 3.63) is 47.7 Å². The molecule has 0 aliphatic carbocycles. The van der Waals surface area contributed by atoms with Crippen molar-refractivity contribution in [2.24, 2.45) is 7.05 Å². The molecular formula is C15H17N3O2. The second-order valence-corrected chi connectivity index (χ2v) is 4.44. The average molecular weight is 271 g/mol. The van der Waals surface area contributed by atoms with E-state index in [1.165, 1.54) is 6.08 Å². The summed E-state index contributed by atoms with van der Waals surface area (Å²) in [5.74, 6) is 1.03. The van der Waals surface area contributed by atoms with Crippen molar-refractivity contribution < 1.29 is 9.53 Å². The maximum absolute atomic E-state index is 11.8. The fourth-order valence-corrected chi connectivity index (χ4v) is 1.80. The second kappa shape index (κ2) is 6.06. The Morgan fingerprint density at radius 1 is 1.40 bits per heavy atom. The van der Waals surface area contributed by atoms with Gasteiger partial charge in [-0.2, -0.15) is 5.10 Å². The third kappa shape index (κ3) is 3.47. The van der Waals surface area contributed by atoms with Crippen LogP contribution < -0.4 is 10.1 Å². The molecule has 20 heavy (non-hydrogen) atoms. The molecule has 2 aromatic rings. The van der Waals surface area contributed by atoms with Crippen LogP contribution in [0.4, 0.5) is 5.82 Å². The van der Waals surface area contributed by atoms with Crippen LogP contribution in [0.25, 0.3) is 6.08 Å². The van der Waals surface area contributed by atoms with E-state index in [1.807, 2.05) is 25.1 Å². The van der Waals surface area contributed by atoms with Gasteiger partial charge in [0.15, 0.2) is 5.82 Å². The Labute approximate surface area is 117 Å². The summed E-state index contributed by atoms with van der Waals surface area (Å²) in [7, 11) is 3.40. The van der Waals surface area contributed by atoms with Crippen molar-refractivity contribution in [2.45, 2.75) is 6.92 Å². The van der Waals surface area contributed by atoms with Crippen LogP contribution in [-0.4, -0.2) is 22.8 Å². The molecule has 0 atom stereocenters. The standard InChI is InChI=1S/C15H17N3O2/c1-11-4-6-13(20-3)12(10-11)5-7-15(19)16-14-8-9-18(2)17-14/h4-10H,1-3H3,(H,16,17,19)/b7-5+. The summed E-state index contributed by atoms with van der Waals surface area (Å²) in [6.45, 7) is 1.99. The Kier molecular flexibility index (Phi) is 4.20. The lowest BCUT2D eigenvalue weighted by molar-refractivity contribution is -0.111. The molecule has 2 rings (SSSR count). The predicted octanol–water partition coefficient (Wildman–Crippen LogP) is 2.39. The number of carbonyl (C=O) groups excluding carboxylic acids is 1. The molecule has 1 heterocycles. The molecule has 0 unspecified atom stereocenters. The number of hydrogen-bond donors (Lipinski definition) is 1. The zero-order valence-corrected chi connectivity index (χ0v) is 11.8. The number of amides is 1. The molecule has 104 valence electrons.